The molecule has 0 saturated carbocycles. The topological polar surface area (TPSA) is 57.9 Å². The van der Waals surface area contributed by atoms with Crippen molar-refractivity contribution in [1.29, 1.82) is 0 Å². The molecule has 0 fully saturated rings. The second kappa shape index (κ2) is 3.91. The molecule has 0 spiro atoms. The number of carbonyl (C=O) groups is 1. The third-order valence-electron chi connectivity index (χ3n) is 1.65. The number of benzene rings is 1. The number of fused-ring (bicyclic) bond motifs is 1. The Balaban J connectivity index is 0.000000845. The Kier molecular flexibility index (Phi) is 3.08. The van der Waals surface area contributed by atoms with Crippen molar-refractivity contribution >= 4 is 17.1 Å². The van der Waals surface area contributed by atoms with Gasteiger partial charge in [0.25, 0.3) is 0 Å². The summed E-state index contributed by atoms with van der Waals surface area (Å²) in [6.45, 7) is 0. The van der Waals surface area contributed by atoms with Crippen LogP contribution in [-0.2, 0) is 0 Å². The normalized spacial score (nSPS) is 9.54. The Morgan fingerprint density at radius 3 is 2.77 bits per heavy atom. The molecule has 0 aliphatic heterocycles. The molecule has 0 bridgehead atoms. The summed E-state index contributed by atoms with van der Waals surface area (Å²) in [5.41, 5.74) is 1.21. The summed E-state index contributed by atoms with van der Waals surface area (Å²) in [6, 6.07) is 6.98. The van der Waals surface area contributed by atoms with Gasteiger partial charge in [0.1, 0.15) is 12.4 Å². The second-order valence-corrected chi connectivity index (χ2v) is 2.37. The van der Waals surface area contributed by atoms with Gasteiger partial charge in [0.15, 0.2) is 0 Å². The molecule has 5 heteroatoms. The van der Waals surface area contributed by atoms with Crippen LogP contribution in [0.25, 0.3) is 11.0 Å². The van der Waals surface area contributed by atoms with E-state index in [4.69, 9.17) is 0 Å². The van der Waals surface area contributed by atoms with E-state index in [0.29, 0.717) is 11.0 Å². The van der Waals surface area contributed by atoms with Crippen molar-refractivity contribution in [3.8, 4) is 0 Å². The van der Waals surface area contributed by atoms with Crippen molar-refractivity contribution in [3.63, 3.8) is 0 Å². The van der Waals surface area contributed by atoms with Gasteiger partial charge in [-0.3, -0.25) is 4.57 Å². The van der Waals surface area contributed by atoms with Gasteiger partial charge in [0, 0.05) is 0 Å². The van der Waals surface area contributed by atoms with Crippen LogP contribution in [0.15, 0.2) is 30.6 Å². The number of hydrogen-bond donors (Lipinski definition) is 0. The zero-order valence-corrected chi connectivity index (χ0v) is 9.10. The molecule has 0 aliphatic carbocycles. The van der Waals surface area contributed by atoms with E-state index >= 15 is 0 Å². The summed E-state index contributed by atoms with van der Waals surface area (Å²) >= 11 is 0. The zero-order chi connectivity index (χ0) is 8.55. The molecule has 2 aromatic rings. The average Bonchev–Trinajstić information content (AvgIpc) is 2.47. The standard InChI is InChI=1S/C8H6N2O2.Na/c11-8(12)10-5-9-6-3-1-2-4-7(6)10;/h1-5H,(H,11,12);/q;+1/p-1. The van der Waals surface area contributed by atoms with E-state index < -0.39 is 6.09 Å². The smallest absolute Gasteiger partial charge is 0.529 e. The van der Waals surface area contributed by atoms with E-state index in [1.165, 1.54) is 6.33 Å². The number of carbonyl (C=O) groups excluding carboxylic acids is 1. The van der Waals surface area contributed by atoms with E-state index in [9.17, 15) is 9.90 Å². The van der Waals surface area contributed by atoms with Gasteiger partial charge >= 0.3 is 29.6 Å². The van der Waals surface area contributed by atoms with Crippen LogP contribution < -0.4 is 34.7 Å². The van der Waals surface area contributed by atoms with Gasteiger partial charge in [-0.15, -0.1) is 0 Å². The number of rotatable bonds is 0. The number of aromatic nitrogens is 2. The Morgan fingerprint density at radius 2 is 2.08 bits per heavy atom. The molecule has 13 heavy (non-hydrogen) atoms. The predicted octanol–water partition coefficient (Wildman–Crippen LogP) is -2.77. The first-order valence-electron chi connectivity index (χ1n) is 3.42. The van der Waals surface area contributed by atoms with Crippen molar-refractivity contribution in [2.75, 3.05) is 0 Å². The van der Waals surface area contributed by atoms with Crippen LogP contribution in [0.2, 0.25) is 0 Å². The third-order valence-corrected chi connectivity index (χ3v) is 1.65. The Morgan fingerprint density at radius 1 is 1.38 bits per heavy atom. The molecule has 1 heterocycles. The van der Waals surface area contributed by atoms with Gasteiger partial charge in [-0.05, 0) is 12.1 Å². The summed E-state index contributed by atoms with van der Waals surface area (Å²) in [4.78, 5) is 14.4. The van der Waals surface area contributed by atoms with E-state index in [1.807, 2.05) is 0 Å². The second-order valence-electron chi connectivity index (χ2n) is 2.37. The van der Waals surface area contributed by atoms with Crippen molar-refractivity contribution in [1.82, 2.24) is 9.55 Å². The first kappa shape index (κ1) is 10.2. The maximum Gasteiger partial charge on any atom is 1.00 e. The number of imidazole rings is 1. The van der Waals surface area contributed by atoms with Gasteiger partial charge in [-0.2, -0.15) is 0 Å². The van der Waals surface area contributed by atoms with Crippen LogP contribution in [0, 0.1) is 0 Å². The van der Waals surface area contributed by atoms with Crippen molar-refractivity contribution < 1.29 is 39.5 Å². The molecule has 4 nitrogen and oxygen atoms in total. The molecule has 0 N–H and O–H groups in total. The van der Waals surface area contributed by atoms with Gasteiger partial charge in [-0.25, -0.2) is 4.98 Å². The molecule has 0 aliphatic rings. The van der Waals surface area contributed by atoms with Gasteiger partial charge in [0.05, 0.1) is 11.0 Å². The van der Waals surface area contributed by atoms with E-state index in [0.717, 1.165) is 4.57 Å². The first-order valence-corrected chi connectivity index (χ1v) is 3.42. The van der Waals surface area contributed by atoms with Crippen LogP contribution >= 0.6 is 0 Å². The molecule has 0 amide bonds. The maximum absolute atomic E-state index is 10.5. The van der Waals surface area contributed by atoms with Crippen molar-refractivity contribution in [2.45, 2.75) is 0 Å². The minimum atomic E-state index is -1.26. The molecular weight excluding hydrogens is 179 g/mol. The van der Waals surface area contributed by atoms with Crippen LogP contribution in [-0.4, -0.2) is 15.6 Å². The monoisotopic (exact) mass is 184 g/mol. The molecule has 1 aromatic heterocycles. The quantitative estimate of drug-likeness (QED) is 0.416. The van der Waals surface area contributed by atoms with E-state index in [1.54, 1.807) is 24.3 Å². The fourth-order valence-electron chi connectivity index (χ4n) is 1.10. The SMILES string of the molecule is O=C([O-])n1cnc2ccccc21.[Na+]. The fraction of sp³-hybridized carbons (Fsp3) is 0. The number of hydrogen-bond acceptors (Lipinski definition) is 3. The molecule has 0 atom stereocenters. The third kappa shape index (κ3) is 1.75. The van der Waals surface area contributed by atoms with Crippen LogP contribution in [0.4, 0.5) is 4.79 Å². The molecular formula is C8H5N2NaO2. The molecule has 0 saturated heterocycles. The summed E-state index contributed by atoms with van der Waals surface area (Å²) in [7, 11) is 0. The number of carboxylic acid groups (broad SMARTS) is 1. The van der Waals surface area contributed by atoms with Crippen LogP contribution in [0.1, 0.15) is 0 Å². The molecule has 60 valence electrons. The Bertz CT molecular complexity index is 438. The maximum atomic E-state index is 10.5. The number of para-hydroxylation sites is 2. The largest absolute Gasteiger partial charge is 1.00 e. The zero-order valence-electron chi connectivity index (χ0n) is 7.10. The first-order chi connectivity index (χ1) is 5.79. The van der Waals surface area contributed by atoms with Gasteiger partial charge < -0.3 is 9.90 Å². The molecule has 0 unspecified atom stereocenters. The average molecular weight is 184 g/mol. The molecule has 2 rings (SSSR count). The van der Waals surface area contributed by atoms with E-state index in [-0.39, 0.29) is 29.6 Å². The van der Waals surface area contributed by atoms with Crippen LogP contribution in [0.3, 0.4) is 0 Å². The van der Waals surface area contributed by atoms with Gasteiger partial charge in [-0.1, -0.05) is 12.1 Å². The van der Waals surface area contributed by atoms with E-state index in [2.05, 4.69) is 4.98 Å². The van der Waals surface area contributed by atoms with Gasteiger partial charge in [0.2, 0.25) is 0 Å². The minimum Gasteiger partial charge on any atom is -0.529 e. The Labute approximate surface area is 96.5 Å². The summed E-state index contributed by atoms with van der Waals surface area (Å²) in [5.74, 6) is 0. The molecule has 1 aromatic carbocycles. The predicted molar refractivity (Wildman–Crippen MR) is 40.5 cm³/mol. The van der Waals surface area contributed by atoms with Crippen molar-refractivity contribution in [2.24, 2.45) is 0 Å². The minimum absolute atomic E-state index is 0. The summed E-state index contributed by atoms with van der Waals surface area (Å²) < 4.78 is 0.981. The number of nitrogens with zero attached hydrogens (tertiary/aromatic N) is 2. The van der Waals surface area contributed by atoms with Crippen LogP contribution in [0.5, 0.6) is 0 Å². The Hall–Kier alpha value is -0.840. The summed E-state index contributed by atoms with van der Waals surface area (Å²) in [6.07, 6.45) is -0.0244. The van der Waals surface area contributed by atoms with Crippen molar-refractivity contribution in [3.05, 3.63) is 30.6 Å². The summed E-state index contributed by atoms with van der Waals surface area (Å²) in [5, 5.41) is 10.5. The molecule has 0 radical (unpaired) electrons. The fourth-order valence-corrected chi connectivity index (χ4v) is 1.10.